The molecule has 108 valence electrons. The molecule has 0 fully saturated rings. The van der Waals surface area contributed by atoms with Crippen molar-refractivity contribution in [1.82, 2.24) is 9.97 Å². The molecule has 20 heavy (non-hydrogen) atoms. The zero-order chi connectivity index (χ0) is 14.5. The normalized spacial score (nSPS) is 10.9. The Kier molecular flexibility index (Phi) is 4.55. The Morgan fingerprint density at radius 1 is 1.30 bits per heavy atom. The summed E-state index contributed by atoms with van der Waals surface area (Å²) >= 11 is 0. The fourth-order valence-electron chi connectivity index (χ4n) is 2.00. The Morgan fingerprint density at radius 2 is 2.10 bits per heavy atom. The third-order valence-corrected chi connectivity index (χ3v) is 2.92. The second kappa shape index (κ2) is 6.36. The lowest BCUT2D eigenvalue weighted by molar-refractivity contribution is 0.307. The molecular formula is C14H18N2O4. The number of unbranched alkanes of at least 4 members (excludes halogenated alkanes) is 1. The van der Waals surface area contributed by atoms with E-state index in [1.54, 1.807) is 0 Å². The van der Waals surface area contributed by atoms with Crippen molar-refractivity contribution >= 4 is 11.1 Å². The number of rotatable bonds is 6. The average molecular weight is 278 g/mol. The first kappa shape index (κ1) is 14.3. The Bertz CT molecular complexity index is 646. The second-order valence-corrected chi connectivity index (χ2v) is 4.59. The van der Waals surface area contributed by atoms with Crippen LogP contribution in [0.3, 0.4) is 0 Å². The van der Waals surface area contributed by atoms with Gasteiger partial charge in [-0.05, 0) is 24.8 Å². The predicted octanol–water partition coefficient (Wildman–Crippen LogP) is 2.01. The Morgan fingerprint density at radius 3 is 2.80 bits per heavy atom. The molecule has 0 radical (unpaired) electrons. The van der Waals surface area contributed by atoms with Crippen molar-refractivity contribution in [2.75, 3.05) is 6.61 Å². The summed E-state index contributed by atoms with van der Waals surface area (Å²) in [5.41, 5.74) is -0.131. The molecule has 0 aliphatic rings. The monoisotopic (exact) mass is 278 g/mol. The zero-order valence-corrected chi connectivity index (χ0v) is 11.7. The molecule has 0 amide bonds. The van der Waals surface area contributed by atoms with Gasteiger partial charge in [-0.3, -0.25) is 4.98 Å². The zero-order valence-electron chi connectivity index (χ0n) is 11.7. The van der Waals surface area contributed by atoms with Gasteiger partial charge >= 0.3 is 11.3 Å². The Balaban J connectivity index is 2.63. The summed E-state index contributed by atoms with van der Waals surface area (Å²) < 4.78 is 10.6. The maximum Gasteiger partial charge on any atom is 0.351 e. The van der Waals surface area contributed by atoms with E-state index in [-0.39, 0.29) is 11.6 Å². The number of nitrogens with zero attached hydrogens (tertiary/aromatic N) is 1. The van der Waals surface area contributed by atoms with Gasteiger partial charge in [0.1, 0.15) is 5.39 Å². The summed E-state index contributed by atoms with van der Waals surface area (Å²) in [5.74, 6) is 0.237. The molecule has 6 heteroatoms. The molecule has 0 bridgehead atoms. The fraction of sp³-hybridized carbons (Fsp3) is 0.500. The molecule has 2 heterocycles. The van der Waals surface area contributed by atoms with Gasteiger partial charge in [-0.25, -0.2) is 9.59 Å². The number of aromatic amines is 1. The van der Waals surface area contributed by atoms with Crippen LogP contribution < -0.4 is 16.1 Å². The minimum absolute atomic E-state index is 0.134. The van der Waals surface area contributed by atoms with E-state index in [9.17, 15) is 9.59 Å². The molecule has 2 rings (SSSR count). The van der Waals surface area contributed by atoms with E-state index in [2.05, 4.69) is 16.9 Å². The SMILES string of the molecule is CCCCc1cc(=O)oc2[nH]c(=O)nc(OCCC)c12. The van der Waals surface area contributed by atoms with Crippen LogP contribution in [0.1, 0.15) is 38.7 Å². The van der Waals surface area contributed by atoms with Crippen molar-refractivity contribution in [1.29, 1.82) is 0 Å². The highest BCUT2D eigenvalue weighted by Gasteiger charge is 2.14. The van der Waals surface area contributed by atoms with E-state index in [0.29, 0.717) is 12.0 Å². The molecule has 0 spiro atoms. The summed E-state index contributed by atoms with van der Waals surface area (Å²) in [6, 6.07) is 1.44. The highest BCUT2D eigenvalue weighted by molar-refractivity contribution is 5.82. The third-order valence-electron chi connectivity index (χ3n) is 2.92. The molecular weight excluding hydrogens is 260 g/mol. The number of ether oxygens (including phenoxy) is 1. The second-order valence-electron chi connectivity index (χ2n) is 4.59. The molecule has 2 aromatic heterocycles. The Hall–Kier alpha value is -2.11. The largest absolute Gasteiger partial charge is 0.477 e. The average Bonchev–Trinajstić information content (AvgIpc) is 2.41. The molecule has 2 aromatic rings. The smallest absolute Gasteiger partial charge is 0.351 e. The van der Waals surface area contributed by atoms with Gasteiger partial charge < -0.3 is 9.15 Å². The summed E-state index contributed by atoms with van der Waals surface area (Å²) in [5, 5.41) is 0.589. The van der Waals surface area contributed by atoms with Crippen molar-refractivity contribution in [2.45, 2.75) is 39.5 Å². The van der Waals surface area contributed by atoms with Crippen LogP contribution in [-0.4, -0.2) is 16.6 Å². The molecule has 0 aliphatic heterocycles. The first-order valence-corrected chi connectivity index (χ1v) is 6.85. The summed E-state index contributed by atoms with van der Waals surface area (Å²) in [6.07, 6.45) is 3.46. The van der Waals surface area contributed by atoms with Crippen LogP contribution in [0, 0.1) is 0 Å². The lowest BCUT2D eigenvalue weighted by atomic mass is 10.1. The molecule has 0 aromatic carbocycles. The maximum absolute atomic E-state index is 11.6. The number of fused-ring (bicyclic) bond motifs is 1. The van der Waals surface area contributed by atoms with E-state index >= 15 is 0 Å². The van der Waals surface area contributed by atoms with Crippen LogP contribution >= 0.6 is 0 Å². The Labute approximate surface area is 115 Å². The van der Waals surface area contributed by atoms with Crippen LogP contribution in [0.4, 0.5) is 0 Å². The highest BCUT2D eigenvalue weighted by Crippen LogP contribution is 2.24. The summed E-state index contributed by atoms with van der Waals surface area (Å²) in [4.78, 5) is 29.3. The quantitative estimate of drug-likeness (QED) is 0.873. The van der Waals surface area contributed by atoms with Gasteiger partial charge in [0, 0.05) is 6.07 Å². The van der Waals surface area contributed by atoms with Crippen molar-refractivity contribution in [3.05, 3.63) is 32.5 Å². The van der Waals surface area contributed by atoms with Gasteiger partial charge in [-0.1, -0.05) is 20.3 Å². The van der Waals surface area contributed by atoms with Crippen LogP contribution in [0.5, 0.6) is 5.88 Å². The van der Waals surface area contributed by atoms with Crippen molar-refractivity contribution in [3.63, 3.8) is 0 Å². The minimum atomic E-state index is -0.584. The summed E-state index contributed by atoms with van der Waals surface area (Å²) in [6.45, 7) is 4.49. The van der Waals surface area contributed by atoms with Gasteiger partial charge in [0.05, 0.1) is 6.61 Å². The molecule has 0 saturated heterocycles. The van der Waals surface area contributed by atoms with E-state index in [4.69, 9.17) is 9.15 Å². The number of aromatic nitrogens is 2. The van der Waals surface area contributed by atoms with Crippen molar-refractivity contribution < 1.29 is 9.15 Å². The van der Waals surface area contributed by atoms with Crippen molar-refractivity contribution in [3.8, 4) is 5.88 Å². The van der Waals surface area contributed by atoms with Gasteiger partial charge in [0.25, 0.3) is 0 Å². The van der Waals surface area contributed by atoms with Crippen molar-refractivity contribution in [2.24, 2.45) is 0 Å². The fourth-order valence-corrected chi connectivity index (χ4v) is 2.00. The standard InChI is InChI=1S/C14H18N2O4/c1-3-5-6-9-8-10(17)20-13-11(9)12(19-7-4-2)15-14(18)16-13/h8H,3-7H2,1-2H3,(H,15,16,18). The van der Waals surface area contributed by atoms with Gasteiger partial charge in [-0.2, -0.15) is 4.98 Å². The van der Waals surface area contributed by atoms with Crippen LogP contribution in [0.2, 0.25) is 0 Å². The highest BCUT2D eigenvalue weighted by atomic mass is 16.5. The number of aryl methyl sites for hydroxylation is 1. The predicted molar refractivity (Wildman–Crippen MR) is 75.3 cm³/mol. The van der Waals surface area contributed by atoms with Gasteiger partial charge in [0.15, 0.2) is 0 Å². The number of hydrogen-bond donors (Lipinski definition) is 1. The molecule has 0 saturated carbocycles. The van der Waals surface area contributed by atoms with Crippen LogP contribution in [0.25, 0.3) is 11.1 Å². The van der Waals surface area contributed by atoms with E-state index in [0.717, 1.165) is 31.2 Å². The van der Waals surface area contributed by atoms with E-state index in [1.165, 1.54) is 6.07 Å². The topological polar surface area (TPSA) is 85.2 Å². The van der Waals surface area contributed by atoms with Crippen LogP contribution in [0.15, 0.2) is 20.1 Å². The molecule has 0 aliphatic carbocycles. The lowest BCUT2D eigenvalue weighted by Crippen LogP contribution is -2.15. The maximum atomic E-state index is 11.6. The molecule has 0 unspecified atom stereocenters. The van der Waals surface area contributed by atoms with Gasteiger partial charge in [0.2, 0.25) is 11.6 Å². The molecule has 1 N–H and O–H groups in total. The number of nitrogens with one attached hydrogen (secondary N) is 1. The number of H-pyrrole nitrogens is 1. The number of hydrogen-bond acceptors (Lipinski definition) is 5. The van der Waals surface area contributed by atoms with Gasteiger partial charge in [-0.15, -0.1) is 0 Å². The third kappa shape index (κ3) is 3.07. The lowest BCUT2D eigenvalue weighted by Gasteiger charge is -2.09. The summed E-state index contributed by atoms with van der Waals surface area (Å²) in [7, 11) is 0. The first-order valence-electron chi connectivity index (χ1n) is 6.85. The van der Waals surface area contributed by atoms with Crippen LogP contribution in [-0.2, 0) is 6.42 Å². The minimum Gasteiger partial charge on any atom is -0.477 e. The molecule has 0 atom stereocenters. The first-order chi connectivity index (χ1) is 9.65. The van der Waals surface area contributed by atoms with E-state index in [1.807, 2.05) is 6.92 Å². The molecule has 6 nitrogen and oxygen atoms in total. The van der Waals surface area contributed by atoms with E-state index < -0.39 is 11.3 Å².